The number of benzene rings is 2. The summed E-state index contributed by atoms with van der Waals surface area (Å²) in [6.45, 7) is 0. The van der Waals surface area contributed by atoms with Gasteiger partial charge in [-0.25, -0.2) is 0 Å². The van der Waals surface area contributed by atoms with Crippen LogP contribution in [0.1, 0.15) is 11.7 Å². The van der Waals surface area contributed by atoms with Crippen molar-refractivity contribution >= 4 is 34.4 Å². The van der Waals surface area contributed by atoms with Crippen molar-refractivity contribution < 1.29 is 10.2 Å². The fourth-order valence-electron chi connectivity index (χ4n) is 2.37. The van der Waals surface area contributed by atoms with Crippen molar-refractivity contribution in [3.05, 3.63) is 48.0 Å². The topological polar surface area (TPSA) is 56.2 Å². The van der Waals surface area contributed by atoms with Gasteiger partial charge in [-0.05, 0) is 23.8 Å². The van der Waals surface area contributed by atoms with Gasteiger partial charge < -0.3 is 15.2 Å². The molecule has 0 aliphatic rings. The smallest absolute Gasteiger partial charge is 0.106 e. The van der Waals surface area contributed by atoms with Crippen molar-refractivity contribution in [2.75, 3.05) is 5.75 Å². The number of aromatic nitrogens is 1. The van der Waals surface area contributed by atoms with E-state index < -0.39 is 12.2 Å². The number of aliphatic hydroxyl groups excluding tert-OH is 2. The molecule has 1 aromatic heterocycles. The zero-order valence-electron chi connectivity index (χ0n) is 10.2. The molecule has 0 amide bonds. The first kappa shape index (κ1) is 12.5. The highest BCUT2D eigenvalue weighted by molar-refractivity contribution is 7.80. The van der Waals surface area contributed by atoms with Crippen LogP contribution < -0.4 is 0 Å². The summed E-state index contributed by atoms with van der Waals surface area (Å²) in [5.41, 5.74) is 2.80. The average molecular weight is 273 g/mol. The van der Waals surface area contributed by atoms with Crippen molar-refractivity contribution in [3.63, 3.8) is 0 Å². The standard InChI is InChI=1S/C15H15NO2S/c17-14(8-19)15(18)9-5-6-13-11(7-9)10-3-1-2-4-12(10)16-13/h1-7,14-19H,8H2. The summed E-state index contributed by atoms with van der Waals surface area (Å²) in [4.78, 5) is 3.33. The molecule has 0 saturated carbocycles. The monoisotopic (exact) mass is 273 g/mol. The zero-order chi connectivity index (χ0) is 13.4. The third-order valence-corrected chi connectivity index (χ3v) is 3.80. The van der Waals surface area contributed by atoms with Crippen LogP contribution in [0.25, 0.3) is 21.8 Å². The molecule has 0 bridgehead atoms. The Kier molecular flexibility index (Phi) is 3.22. The Labute approximate surface area is 116 Å². The molecule has 4 heteroatoms. The van der Waals surface area contributed by atoms with Gasteiger partial charge in [0.25, 0.3) is 0 Å². The quantitative estimate of drug-likeness (QED) is 0.555. The van der Waals surface area contributed by atoms with Crippen molar-refractivity contribution in [3.8, 4) is 0 Å². The van der Waals surface area contributed by atoms with E-state index in [4.69, 9.17) is 0 Å². The van der Waals surface area contributed by atoms with Gasteiger partial charge in [-0.15, -0.1) is 0 Å². The zero-order valence-corrected chi connectivity index (χ0v) is 11.1. The number of H-pyrrole nitrogens is 1. The van der Waals surface area contributed by atoms with Gasteiger partial charge in [0.05, 0.1) is 6.10 Å². The summed E-state index contributed by atoms with van der Waals surface area (Å²) < 4.78 is 0. The minimum atomic E-state index is -0.907. The maximum absolute atomic E-state index is 10.0. The van der Waals surface area contributed by atoms with Gasteiger partial charge >= 0.3 is 0 Å². The Morgan fingerprint density at radius 2 is 1.74 bits per heavy atom. The predicted octanol–water partition coefficient (Wildman–Crippen LogP) is 2.65. The number of aromatic amines is 1. The van der Waals surface area contributed by atoms with Gasteiger partial charge in [0.15, 0.2) is 0 Å². The van der Waals surface area contributed by atoms with E-state index in [0.717, 1.165) is 21.8 Å². The van der Waals surface area contributed by atoms with Gasteiger partial charge in [-0.3, -0.25) is 0 Å². The number of para-hydroxylation sites is 1. The highest BCUT2D eigenvalue weighted by Crippen LogP contribution is 2.28. The molecule has 0 radical (unpaired) electrons. The van der Waals surface area contributed by atoms with E-state index in [2.05, 4.69) is 17.6 Å². The van der Waals surface area contributed by atoms with Crippen LogP contribution in [0, 0.1) is 0 Å². The Morgan fingerprint density at radius 3 is 2.53 bits per heavy atom. The van der Waals surface area contributed by atoms with Gasteiger partial charge in [0, 0.05) is 27.6 Å². The molecule has 2 atom stereocenters. The van der Waals surface area contributed by atoms with Crippen molar-refractivity contribution in [2.45, 2.75) is 12.2 Å². The van der Waals surface area contributed by atoms with Gasteiger partial charge in [-0.1, -0.05) is 24.3 Å². The highest BCUT2D eigenvalue weighted by atomic mass is 32.1. The average Bonchev–Trinajstić information content (AvgIpc) is 2.83. The van der Waals surface area contributed by atoms with Gasteiger partial charge in [0.1, 0.15) is 6.10 Å². The van der Waals surface area contributed by atoms with E-state index in [1.54, 1.807) is 0 Å². The van der Waals surface area contributed by atoms with E-state index in [0.29, 0.717) is 5.56 Å². The lowest BCUT2D eigenvalue weighted by Gasteiger charge is -2.16. The molecule has 0 aliphatic heterocycles. The third-order valence-electron chi connectivity index (χ3n) is 3.42. The summed E-state index contributed by atoms with van der Waals surface area (Å²) >= 11 is 4.01. The summed E-state index contributed by atoms with van der Waals surface area (Å²) in [7, 11) is 0. The van der Waals surface area contributed by atoms with Crippen LogP contribution in [0.15, 0.2) is 42.5 Å². The van der Waals surface area contributed by atoms with Crippen molar-refractivity contribution in [2.24, 2.45) is 0 Å². The third kappa shape index (κ3) is 2.12. The number of aliphatic hydroxyl groups is 2. The molecule has 3 N–H and O–H groups in total. The maximum atomic E-state index is 10.0. The molecule has 3 aromatic rings. The van der Waals surface area contributed by atoms with E-state index in [9.17, 15) is 10.2 Å². The molecule has 0 fully saturated rings. The molecule has 0 spiro atoms. The van der Waals surface area contributed by atoms with Gasteiger partial charge in [-0.2, -0.15) is 12.6 Å². The molecular weight excluding hydrogens is 258 g/mol. The molecule has 19 heavy (non-hydrogen) atoms. The van der Waals surface area contributed by atoms with E-state index >= 15 is 0 Å². The Balaban J connectivity index is 2.16. The van der Waals surface area contributed by atoms with Crippen LogP contribution in [0.5, 0.6) is 0 Å². The van der Waals surface area contributed by atoms with E-state index in [1.165, 1.54) is 0 Å². The predicted molar refractivity (Wildman–Crippen MR) is 80.6 cm³/mol. The van der Waals surface area contributed by atoms with Crippen LogP contribution in [-0.4, -0.2) is 27.1 Å². The summed E-state index contributed by atoms with van der Waals surface area (Å²) in [5.74, 6) is 0.229. The lowest BCUT2D eigenvalue weighted by molar-refractivity contribution is 0.0338. The molecule has 0 aliphatic carbocycles. The largest absolute Gasteiger partial charge is 0.389 e. The Hall–Kier alpha value is -1.49. The lowest BCUT2D eigenvalue weighted by Crippen LogP contribution is -2.19. The number of nitrogens with one attached hydrogen (secondary N) is 1. The van der Waals surface area contributed by atoms with Crippen molar-refractivity contribution in [1.82, 2.24) is 4.98 Å². The van der Waals surface area contributed by atoms with Crippen LogP contribution in [0.4, 0.5) is 0 Å². The number of thiol groups is 1. The summed E-state index contributed by atoms with van der Waals surface area (Å²) in [6, 6.07) is 13.7. The maximum Gasteiger partial charge on any atom is 0.106 e. The van der Waals surface area contributed by atoms with Crippen LogP contribution >= 0.6 is 12.6 Å². The second kappa shape index (κ2) is 4.89. The number of fused-ring (bicyclic) bond motifs is 3. The molecule has 1 heterocycles. The molecule has 2 aromatic carbocycles. The van der Waals surface area contributed by atoms with Gasteiger partial charge in [0.2, 0.25) is 0 Å². The molecule has 3 rings (SSSR count). The lowest BCUT2D eigenvalue weighted by atomic mass is 10.0. The van der Waals surface area contributed by atoms with Crippen LogP contribution in [-0.2, 0) is 0 Å². The Morgan fingerprint density at radius 1 is 1.00 bits per heavy atom. The number of hydrogen-bond acceptors (Lipinski definition) is 3. The molecule has 3 nitrogen and oxygen atoms in total. The first-order valence-corrected chi connectivity index (χ1v) is 6.81. The van der Waals surface area contributed by atoms with E-state index in [-0.39, 0.29) is 5.75 Å². The fourth-order valence-corrected chi connectivity index (χ4v) is 2.57. The highest BCUT2D eigenvalue weighted by Gasteiger charge is 2.17. The van der Waals surface area contributed by atoms with Crippen molar-refractivity contribution in [1.29, 1.82) is 0 Å². The number of rotatable bonds is 3. The number of hydrogen-bond donors (Lipinski definition) is 4. The second-order valence-corrected chi connectivity index (χ2v) is 5.04. The SMILES string of the molecule is OC(CS)C(O)c1ccc2[nH]c3ccccc3c2c1. The molecular formula is C15H15NO2S. The van der Waals surface area contributed by atoms with Crippen LogP contribution in [0.2, 0.25) is 0 Å². The molecule has 2 unspecified atom stereocenters. The minimum Gasteiger partial charge on any atom is -0.389 e. The first-order valence-electron chi connectivity index (χ1n) is 6.18. The second-order valence-electron chi connectivity index (χ2n) is 4.67. The molecule has 98 valence electrons. The Bertz CT molecular complexity index is 722. The minimum absolute atomic E-state index is 0.229. The van der Waals surface area contributed by atoms with E-state index in [1.807, 2.05) is 42.5 Å². The summed E-state index contributed by atoms with van der Waals surface area (Å²) in [6.07, 6.45) is -1.76. The normalized spacial score (nSPS) is 14.9. The first-order chi connectivity index (χ1) is 9.20. The van der Waals surface area contributed by atoms with Crippen LogP contribution in [0.3, 0.4) is 0 Å². The summed E-state index contributed by atoms with van der Waals surface area (Å²) in [5, 5.41) is 21.9. The fraction of sp³-hybridized carbons (Fsp3) is 0.200. The molecule has 0 saturated heterocycles.